The molecule has 0 atom stereocenters. The van der Waals surface area contributed by atoms with Crippen LogP contribution in [-0.2, 0) is 15.8 Å². The van der Waals surface area contributed by atoms with Gasteiger partial charge >= 0.3 is 6.03 Å². The fourth-order valence-corrected chi connectivity index (χ4v) is 4.39. The first-order valence-corrected chi connectivity index (χ1v) is 10.9. The predicted octanol–water partition coefficient (Wildman–Crippen LogP) is 3.19. The minimum absolute atomic E-state index is 0.0350. The van der Waals surface area contributed by atoms with E-state index in [9.17, 15) is 17.6 Å². The van der Waals surface area contributed by atoms with E-state index in [1.54, 1.807) is 17.0 Å². The largest absolute Gasteiger partial charge is 0.325 e. The van der Waals surface area contributed by atoms with E-state index in [0.29, 0.717) is 25.3 Å². The normalized spacial score (nSPS) is 15.4. The topological polar surface area (TPSA) is 78.5 Å². The zero-order valence-corrected chi connectivity index (χ0v) is 16.3. The van der Waals surface area contributed by atoms with Gasteiger partial charge in [-0.2, -0.15) is 0 Å². The summed E-state index contributed by atoms with van der Waals surface area (Å²) in [4.78, 5) is 14.0. The van der Waals surface area contributed by atoms with Crippen LogP contribution in [0.2, 0.25) is 0 Å². The van der Waals surface area contributed by atoms with E-state index in [2.05, 4.69) is 10.0 Å². The Kier molecular flexibility index (Phi) is 6.64. The molecular weight excluding hydrogens is 381 g/mol. The molecule has 1 fully saturated rings. The van der Waals surface area contributed by atoms with Gasteiger partial charge in [-0.3, -0.25) is 0 Å². The number of amides is 2. The number of anilines is 1. The van der Waals surface area contributed by atoms with Crippen LogP contribution in [0, 0.1) is 11.7 Å². The van der Waals surface area contributed by atoms with Gasteiger partial charge in [0.2, 0.25) is 10.0 Å². The lowest BCUT2D eigenvalue weighted by Gasteiger charge is -2.32. The van der Waals surface area contributed by atoms with E-state index in [0.717, 1.165) is 18.4 Å². The fraction of sp³-hybridized carbons (Fsp3) is 0.350. The lowest BCUT2D eigenvalue weighted by atomic mass is 9.97. The van der Waals surface area contributed by atoms with Crippen molar-refractivity contribution in [2.45, 2.75) is 18.6 Å². The SMILES string of the molecule is O=C(Nc1ccc(F)cc1)N1CCC(CNS(=O)(=O)Cc2ccccc2)CC1. The van der Waals surface area contributed by atoms with E-state index < -0.39 is 10.0 Å². The molecule has 150 valence electrons. The molecule has 0 radical (unpaired) electrons. The van der Waals surface area contributed by atoms with Crippen LogP contribution in [0.25, 0.3) is 0 Å². The molecule has 28 heavy (non-hydrogen) atoms. The molecule has 0 saturated carbocycles. The molecule has 0 unspecified atom stereocenters. The second-order valence-electron chi connectivity index (χ2n) is 6.96. The number of nitrogens with one attached hydrogen (secondary N) is 2. The third kappa shape index (κ3) is 6.03. The van der Waals surface area contributed by atoms with Gasteiger partial charge in [0.05, 0.1) is 5.75 Å². The molecule has 0 aromatic heterocycles. The van der Waals surface area contributed by atoms with Gasteiger partial charge in [0, 0.05) is 25.3 Å². The number of urea groups is 1. The molecule has 1 aliphatic heterocycles. The molecule has 0 spiro atoms. The molecule has 3 rings (SSSR count). The van der Waals surface area contributed by atoms with Crippen molar-refractivity contribution in [2.75, 3.05) is 25.0 Å². The number of carbonyl (C=O) groups is 1. The summed E-state index contributed by atoms with van der Waals surface area (Å²) in [6.07, 6.45) is 1.45. The Bertz CT molecular complexity index is 881. The molecule has 6 nitrogen and oxygen atoms in total. The van der Waals surface area contributed by atoms with Crippen molar-refractivity contribution in [3.8, 4) is 0 Å². The molecule has 8 heteroatoms. The van der Waals surface area contributed by atoms with E-state index in [1.807, 2.05) is 18.2 Å². The van der Waals surface area contributed by atoms with Gasteiger partial charge in [-0.05, 0) is 48.6 Å². The average Bonchev–Trinajstić information content (AvgIpc) is 2.69. The van der Waals surface area contributed by atoms with Crippen molar-refractivity contribution in [1.82, 2.24) is 9.62 Å². The van der Waals surface area contributed by atoms with Crippen molar-refractivity contribution in [2.24, 2.45) is 5.92 Å². The number of piperidine rings is 1. The van der Waals surface area contributed by atoms with Crippen LogP contribution in [-0.4, -0.2) is 39.0 Å². The van der Waals surface area contributed by atoms with Crippen LogP contribution in [0.5, 0.6) is 0 Å². The Morgan fingerprint density at radius 2 is 1.68 bits per heavy atom. The number of halogens is 1. The standard InChI is InChI=1S/C20H24FN3O3S/c21-18-6-8-19(9-7-18)23-20(25)24-12-10-16(11-13-24)14-22-28(26,27)15-17-4-2-1-3-5-17/h1-9,16,22H,10-15H2,(H,23,25). The van der Waals surface area contributed by atoms with E-state index in [1.165, 1.54) is 24.3 Å². The Morgan fingerprint density at radius 3 is 2.32 bits per heavy atom. The van der Waals surface area contributed by atoms with Crippen LogP contribution in [0.4, 0.5) is 14.9 Å². The van der Waals surface area contributed by atoms with Crippen molar-refractivity contribution in [1.29, 1.82) is 0 Å². The van der Waals surface area contributed by atoms with Crippen molar-refractivity contribution >= 4 is 21.7 Å². The van der Waals surface area contributed by atoms with Gasteiger partial charge < -0.3 is 10.2 Å². The number of benzene rings is 2. The summed E-state index contributed by atoms with van der Waals surface area (Å²) in [5, 5.41) is 2.75. The molecular formula is C20H24FN3O3S. The molecule has 0 bridgehead atoms. The van der Waals surface area contributed by atoms with Gasteiger partial charge in [0.1, 0.15) is 5.82 Å². The van der Waals surface area contributed by atoms with Crippen molar-refractivity contribution in [3.05, 3.63) is 66.0 Å². The zero-order valence-electron chi connectivity index (χ0n) is 15.5. The number of sulfonamides is 1. The minimum atomic E-state index is -3.38. The lowest BCUT2D eigenvalue weighted by Crippen LogP contribution is -2.43. The quantitative estimate of drug-likeness (QED) is 0.775. The number of carbonyl (C=O) groups excluding carboxylic acids is 1. The smallest absolute Gasteiger partial charge is 0.321 e. The maximum atomic E-state index is 12.9. The monoisotopic (exact) mass is 405 g/mol. The molecule has 2 amide bonds. The molecule has 1 heterocycles. The van der Waals surface area contributed by atoms with Crippen molar-refractivity contribution < 1.29 is 17.6 Å². The first-order valence-electron chi connectivity index (χ1n) is 9.24. The van der Waals surface area contributed by atoms with E-state index >= 15 is 0 Å². The molecule has 1 saturated heterocycles. The summed E-state index contributed by atoms with van der Waals surface area (Å²) in [5.41, 5.74) is 1.30. The number of nitrogens with zero attached hydrogens (tertiary/aromatic N) is 1. The first-order chi connectivity index (χ1) is 13.4. The fourth-order valence-electron chi connectivity index (χ4n) is 3.17. The number of hydrogen-bond donors (Lipinski definition) is 2. The van der Waals surface area contributed by atoms with Crippen LogP contribution < -0.4 is 10.0 Å². The van der Waals surface area contributed by atoms with Crippen LogP contribution in [0.1, 0.15) is 18.4 Å². The highest BCUT2D eigenvalue weighted by molar-refractivity contribution is 7.88. The number of rotatable bonds is 6. The highest BCUT2D eigenvalue weighted by Gasteiger charge is 2.24. The minimum Gasteiger partial charge on any atom is -0.325 e. The molecule has 2 N–H and O–H groups in total. The molecule has 0 aliphatic carbocycles. The Hall–Kier alpha value is -2.45. The second kappa shape index (κ2) is 9.16. The summed E-state index contributed by atoms with van der Waals surface area (Å²) in [5.74, 6) is -0.193. The average molecular weight is 405 g/mol. The van der Waals surface area contributed by atoms with Crippen LogP contribution in [0.3, 0.4) is 0 Å². The Balaban J connectivity index is 1.42. The Morgan fingerprint density at radius 1 is 1.04 bits per heavy atom. The Labute approximate surface area is 164 Å². The number of hydrogen-bond acceptors (Lipinski definition) is 3. The third-order valence-electron chi connectivity index (χ3n) is 4.79. The van der Waals surface area contributed by atoms with Crippen molar-refractivity contribution in [3.63, 3.8) is 0 Å². The maximum Gasteiger partial charge on any atom is 0.321 e. The molecule has 2 aromatic rings. The van der Waals surface area contributed by atoms with E-state index in [4.69, 9.17) is 0 Å². The predicted molar refractivity (Wildman–Crippen MR) is 107 cm³/mol. The molecule has 1 aliphatic rings. The van der Waals surface area contributed by atoms with E-state index in [-0.39, 0.29) is 23.5 Å². The first kappa shape index (κ1) is 20.3. The lowest BCUT2D eigenvalue weighted by molar-refractivity contribution is 0.183. The highest BCUT2D eigenvalue weighted by atomic mass is 32.2. The zero-order chi connectivity index (χ0) is 20.0. The number of likely N-dealkylation sites (tertiary alicyclic amines) is 1. The van der Waals surface area contributed by atoms with Gasteiger partial charge in [0.15, 0.2) is 0 Å². The molecule has 2 aromatic carbocycles. The third-order valence-corrected chi connectivity index (χ3v) is 6.11. The van der Waals surface area contributed by atoms with Crippen LogP contribution >= 0.6 is 0 Å². The highest BCUT2D eigenvalue weighted by Crippen LogP contribution is 2.18. The van der Waals surface area contributed by atoms with Crippen LogP contribution in [0.15, 0.2) is 54.6 Å². The second-order valence-corrected chi connectivity index (χ2v) is 8.77. The summed E-state index contributed by atoms with van der Waals surface area (Å²) in [6.45, 7) is 1.48. The summed E-state index contributed by atoms with van der Waals surface area (Å²) < 4.78 is 40.1. The summed E-state index contributed by atoms with van der Waals surface area (Å²) in [7, 11) is -3.38. The van der Waals surface area contributed by atoms with Gasteiger partial charge in [-0.15, -0.1) is 0 Å². The van der Waals surface area contributed by atoms with Gasteiger partial charge in [0.25, 0.3) is 0 Å². The van der Waals surface area contributed by atoms with Gasteiger partial charge in [-0.25, -0.2) is 22.3 Å². The maximum absolute atomic E-state index is 12.9. The summed E-state index contributed by atoms with van der Waals surface area (Å²) >= 11 is 0. The van der Waals surface area contributed by atoms with Gasteiger partial charge in [-0.1, -0.05) is 30.3 Å². The summed E-state index contributed by atoms with van der Waals surface area (Å²) in [6, 6.07) is 14.5.